The summed E-state index contributed by atoms with van der Waals surface area (Å²) in [5.41, 5.74) is 0.279. The molecule has 29 heavy (non-hydrogen) atoms. The molecule has 2 bridgehead atoms. The molecular formula is C20H30N4O5. The molecule has 4 rings (SSSR count). The first kappa shape index (κ1) is 20.0. The molecule has 3 saturated heterocycles. The topological polar surface area (TPSA) is 99.4 Å². The molecule has 0 aromatic carbocycles. The largest absolute Gasteiger partial charge is 0.444 e. The van der Waals surface area contributed by atoms with Gasteiger partial charge in [-0.15, -0.1) is 0 Å². The standard InChI is InChI=1S/C20H30N4O5/c1-20(2,3)28-19(26)22-8-6-13(7-9-22)10-15-11-16(21-29-15)17-5-4-14-12-23(17)18(25)24(14)27/h11,13-14,17,27H,4-10,12H2,1-3H3/t14-,17-/m0/s1. The van der Waals surface area contributed by atoms with Crippen LogP contribution in [0.2, 0.25) is 0 Å². The van der Waals surface area contributed by atoms with Gasteiger partial charge in [-0.2, -0.15) is 0 Å². The Kier molecular flexibility index (Phi) is 5.18. The van der Waals surface area contributed by atoms with Crippen LogP contribution in [-0.2, 0) is 11.2 Å². The van der Waals surface area contributed by atoms with Crippen LogP contribution in [0, 0.1) is 5.92 Å². The summed E-state index contributed by atoms with van der Waals surface area (Å²) in [7, 11) is 0. The van der Waals surface area contributed by atoms with Crippen molar-refractivity contribution in [3.05, 3.63) is 17.5 Å². The number of nitrogens with zero attached hydrogens (tertiary/aromatic N) is 4. The van der Waals surface area contributed by atoms with Crippen molar-refractivity contribution in [1.82, 2.24) is 20.0 Å². The highest BCUT2D eigenvalue weighted by Gasteiger charge is 2.45. The summed E-state index contributed by atoms with van der Waals surface area (Å²) in [6.45, 7) is 7.52. The minimum atomic E-state index is -0.479. The summed E-state index contributed by atoms with van der Waals surface area (Å²) in [6, 6.07) is 1.35. The molecule has 160 valence electrons. The Morgan fingerprint density at radius 1 is 1.28 bits per heavy atom. The third-order valence-electron chi connectivity index (χ3n) is 6.02. The van der Waals surface area contributed by atoms with E-state index in [9.17, 15) is 14.8 Å². The van der Waals surface area contributed by atoms with Crippen LogP contribution < -0.4 is 0 Å². The first-order valence-electron chi connectivity index (χ1n) is 10.4. The Hall–Kier alpha value is -2.29. The van der Waals surface area contributed by atoms with Gasteiger partial charge in [-0.3, -0.25) is 5.21 Å². The molecule has 0 spiro atoms. The first-order valence-corrected chi connectivity index (χ1v) is 10.4. The molecule has 1 aromatic heterocycles. The van der Waals surface area contributed by atoms with Gasteiger partial charge in [0.2, 0.25) is 0 Å². The number of hydrogen-bond acceptors (Lipinski definition) is 6. The molecule has 0 radical (unpaired) electrons. The second-order valence-electron chi connectivity index (χ2n) is 9.36. The molecule has 3 aliphatic rings. The maximum Gasteiger partial charge on any atom is 0.410 e. The van der Waals surface area contributed by atoms with E-state index < -0.39 is 5.60 Å². The van der Waals surface area contributed by atoms with Crippen LogP contribution in [0.3, 0.4) is 0 Å². The van der Waals surface area contributed by atoms with Crippen molar-refractivity contribution in [2.24, 2.45) is 5.92 Å². The van der Waals surface area contributed by atoms with Crippen LogP contribution in [-0.4, -0.2) is 68.6 Å². The van der Waals surface area contributed by atoms with E-state index in [1.165, 1.54) is 0 Å². The average molecular weight is 406 g/mol. The summed E-state index contributed by atoms with van der Waals surface area (Å²) in [6.07, 6.45) is 3.84. The van der Waals surface area contributed by atoms with Crippen LogP contribution in [0.1, 0.15) is 64.0 Å². The predicted molar refractivity (Wildman–Crippen MR) is 102 cm³/mol. The summed E-state index contributed by atoms with van der Waals surface area (Å²) < 4.78 is 11.0. The van der Waals surface area contributed by atoms with Crippen molar-refractivity contribution in [3.8, 4) is 0 Å². The van der Waals surface area contributed by atoms with Gasteiger partial charge in [-0.05, 0) is 52.4 Å². The molecule has 0 unspecified atom stereocenters. The molecule has 9 heteroatoms. The van der Waals surface area contributed by atoms with Gasteiger partial charge in [0.15, 0.2) is 0 Å². The molecule has 1 aromatic rings. The normalized spacial score (nSPS) is 25.7. The highest BCUT2D eigenvalue weighted by Crippen LogP contribution is 2.37. The van der Waals surface area contributed by atoms with E-state index in [0.29, 0.717) is 25.6 Å². The fourth-order valence-electron chi connectivity index (χ4n) is 4.47. The number of amides is 3. The highest BCUT2D eigenvalue weighted by atomic mass is 16.6. The van der Waals surface area contributed by atoms with Gasteiger partial charge in [-0.1, -0.05) is 5.16 Å². The van der Waals surface area contributed by atoms with E-state index in [1.807, 2.05) is 26.8 Å². The number of rotatable bonds is 3. The molecular weight excluding hydrogens is 376 g/mol. The van der Waals surface area contributed by atoms with Crippen LogP contribution in [0.5, 0.6) is 0 Å². The summed E-state index contributed by atoms with van der Waals surface area (Å²) in [5.74, 6) is 1.23. The molecule has 3 aliphatic heterocycles. The van der Waals surface area contributed by atoms with Gasteiger partial charge >= 0.3 is 12.1 Å². The minimum Gasteiger partial charge on any atom is -0.444 e. The van der Waals surface area contributed by atoms with Crippen molar-refractivity contribution in [2.45, 2.75) is 70.6 Å². The molecule has 3 amide bonds. The van der Waals surface area contributed by atoms with Crippen LogP contribution in [0.25, 0.3) is 0 Å². The maximum absolute atomic E-state index is 12.2. The van der Waals surface area contributed by atoms with E-state index in [4.69, 9.17) is 9.26 Å². The van der Waals surface area contributed by atoms with E-state index in [0.717, 1.165) is 48.6 Å². The van der Waals surface area contributed by atoms with Crippen molar-refractivity contribution < 1.29 is 24.1 Å². The van der Waals surface area contributed by atoms with E-state index in [-0.39, 0.29) is 24.2 Å². The molecule has 9 nitrogen and oxygen atoms in total. The van der Waals surface area contributed by atoms with Crippen molar-refractivity contribution in [2.75, 3.05) is 19.6 Å². The Morgan fingerprint density at radius 3 is 2.69 bits per heavy atom. The lowest BCUT2D eigenvalue weighted by Crippen LogP contribution is -2.42. The SMILES string of the molecule is CC(C)(C)OC(=O)N1CCC(Cc2cc([C@@H]3CC[C@H]4CN3C(=O)N4O)no2)CC1. The molecule has 3 fully saturated rings. The number of fused-ring (bicyclic) bond motifs is 2. The van der Waals surface area contributed by atoms with Crippen LogP contribution in [0.4, 0.5) is 9.59 Å². The van der Waals surface area contributed by atoms with Crippen LogP contribution in [0.15, 0.2) is 10.6 Å². The molecule has 4 heterocycles. The minimum absolute atomic E-state index is 0.111. The Morgan fingerprint density at radius 2 is 2.00 bits per heavy atom. The Balaban J connectivity index is 1.30. The Labute approximate surface area is 170 Å². The number of hydrogen-bond donors (Lipinski definition) is 1. The van der Waals surface area contributed by atoms with Crippen LogP contribution >= 0.6 is 0 Å². The van der Waals surface area contributed by atoms with Gasteiger partial charge in [0.25, 0.3) is 0 Å². The van der Waals surface area contributed by atoms with Gasteiger partial charge in [0.1, 0.15) is 17.1 Å². The summed E-state index contributed by atoms with van der Waals surface area (Å²) in [4.78, 5) is 27.8. The number of hydroxylamine groups is 2. The van der Waals surface area contributed by atoms with Gasteiger partial charge in [0.05, 0.1) is 12.1 Å². The van der Waals surface area contributed by atoms with Gasteiger partial charge in [0, 0.05) is 32.1 Å². The lowest BCUT2D eigenvalue weighted by Gasteiger charge is -2.33. The lowest BCUT2D eigenvalue weighted by molar-refractivity contribution is -0.0584. The van der Waals surface area contributed by atoms with Gasteiger partial charge in [-0.25, -0.2) is 14.7 Å². The zero-order valence-corrected chi connectivity index (χ0v) is 17.3. The number of carbonyl (C=O) groups excluding carboxylic acids is 2. The fourth-order valence-corrected chi connectivity index (χ4v) is 4.47. The molecule has 2 atom stereocenters. The number of carbonyl (C=O) groups is 2. The summed E-state index contributed by atoms with van der Waals surface area (Å²) >= 11 is 0. The Bertz CT molecular complexity index is 765. The van der Waals surface area contributed by atoms with E-state index in [2.05, 4.69) is 5.16 Å². The van der Waals surface area contributed by atoms with Gasteiger partial charge < -0.3 is 19.1 Å². The second-order valence-corrected chi connectivity index (χ2v) is 9.36. The fraction of sp³-hybridized carbons (Fsp3) is 0.750. The smallest absolute Gasteiger partial charge is 0.410 e. The third-order valence-corrected chi connectivity index (χ3v) is 6.02. The number of ether oxygens (including phenoxy) is 1. The van der Waals surface area contributed by atoms with E-state index >= 15 is 0 Å². The zero-order valence-electron chi connectivity index (χ0n) is 17.3. The first-order chi connectivity index (χ1) is 13.7. The second kappa shape index (κ2) is 7.51. The average Bonchev–Trinajstić information content (AvgIpc) is 3.21. The number of aromatic nitrogens is 1. The maximum atomic E-state index is 12.2. The lowest BCUT2D eigenvalue weighted by atomic mass is 9.92. The van der Waals surface area contributed by atoms with E-state index in [1.54, 1.807) is 9.80 Å². The number of likely N-dealkylation sites (tertiary alicyclic amines) is 1. The predicted octanol–water partition coefficient (Wildman–Crippen LogP) is 3.19. The third kappa shape index (κ3) is 4.19. The highest BCUT2D eigenvalue weighted by molar-refractivity contribution is 5.76. The zero-order chi connectivity index (χ0) is 20.8. The molecule has 0 aliphatic carbocycles. The quantitative estimate of drug-likeness (QED) is 0.774. The number of urea groups is 1. The van der Waals surface area contributed by atoms with Crippen molar-refractivity contribution in [3.63, 3.8) is 0 Å². The molecule has 1 N–H and O–H groups in total. The number of piperidine rings is 2. The monoisotopic (exact) mass is 406 g/mol. The van der Waals surface area contributed by atoms with Crippen molar-refractivity contribution >= 4 is 12.1 Å². The summed E-state index contributed by atoms with van der Waals surface area (Å²) in [5, 5.41) is 14.9. The molecule has 0 saturated carbocycles. The van der Waals surface area contributed by atoms with Crippen molar-refractivity contribution in [1.29, 1.82) is 0 Å².